The van der Waals surface area contributed by atoms with Gasteiger partial charge in [0, 0.05) is 24.7 Å². The molecule has 0 saturated heterocycles. The van der Waals surface area contributed by atoms with Gasteiger partial charge in [-0.05, 0) is 6.92 Å². The van der Waals surface area contributed by atoms with Crippen molar-refractivity contribution in [2.45, 2.75) is 6.92 Å². The topological polar surface area (TPSA) is 87.7 Å². The van der Waals surface area contributed by atoms with Crippen LogP contribution < -0.4 is 10.7 Å². The van der Waals surface area contributed by atoms with Crippen molar-refractivity contribution in [2.24, 2.45) is 0 Å². The number of amides is 1. The van der Waals surface area contributed by atoms with E-state index in [0.717, 1.165) is 5.69 Å². The molecule has 0 saturated carbocycles. The van der Waals surface area contributed by atoms with E-state index in [-0.39, 0.29) is 16.8 Å². The molecule has 0 aliphatic rings. The van der Waals surface area contributed by atoms with Crippen LogP contribution in [0.5, 0.6) is 0 Å². The lowest BCUT2D eigenvalue weighted by atomic mass is 10.3. The van der Waals surface area contributed by atoms with E-state index in [9.17, 15) is 9.59 Å². The lowest BCUT2D eigenvalue weighted by Crippen LogP contribution is -2.19. The molecule has 0 aliphatic heterocycles. The van der Waals surface area contributed by atoms with E-state index in [1.54, 1.807) is 6.92 Å². The molecule has 17 heavy (non-hydrogen) atoms. The molecule has 6 nitrogen and oxygen atoms in total. The smallest absolute Gasteiger partial charge is 0.276 e. The summed E-state index contributed by atoms with van der Waals surface area (Å²) in [6.45, 7) is 1.77. The highest BCUT2D eigenvalue weighted by Crippen LogP contribution is 2.00. The highest BCUT2D eigenvalue weighted by molar-refractivity contribution is 6.02. The van der Waals surface area contributed by atoms with Crippen LogP contribution in [0.2, 0.25) is 0 Å². The van der Waals surface area contributed by atoms with Gasteiger partial charge in [-0.25, -0.2) is 4.98 Å². The van der Waals surface area contributed by atoms with Crippen LogP contribution >= 0.6 is 0 Å². The number of aryl methyl sites for hydroxylation is 1. The fraction of sp³-hybridized carbons (Fsp3) is 0.0909. The fourth-order valence-corrected chi connectivity index (χ4v) is 1.21. The van der Waals surface area contributed by atoms with Crippen molar-refractivity contribution in [2.75, 3.05) is 5.32 Å². The molecule has 0 radical (unpaired) electrons. The Morgan fingerprint density at radius 2 is 2.18 bits per heavy atom. The number of carbonyl (C=O) groups excluding carboxylic acids is 1. The average molecular weight is 230 g/mol. The summed E-state index contributed by atoms with van der Waals surface area (Å²) in [5, 5.41) is 2.46. The fourth-order valence-electron chi connectivity index (χ4n) is 1.21. The summed E-state index contributed by atoms with van der Waals surface area (Å²) in [5.74, 6) is -0.464. The van der Waals surface area contributed by atoms with Crippen LogP contribution in [0.3, 0.4) is 0 Å². The van der Waals surface area contributed by atoms with Crippen LogP contribution in [0.1, 0.15) is 16.2 Å². The number of carbonyl (C=O) groups is 1. The number of anilines is 1. The summed E-state index contributed by atoms with van der Waals surface area (Å²) in [6.07, 6.45) is 5.76. The van der Waals surface area contributed by atoms with Gasteiger partial charge in [-0.3, -0.25) is 14.6 Å². The number of aromatic nitrogens is 3. The van der Waals surface area contributed by atoms with Crippen molar-refractivity contribution in [3.63, 3.8) is 0 Å². The predicted octanol–water partition coefficient (Wildman–Crippen LogP) is 0.726. The average Bonchev–Trinajstić information content (AvgIpc) is 2.33. The number of aromatic amines is 1. The molecule has 2 aromatic heterocycles. The largest absolute Gasteiger partial charge is 0.366 e. The van der Waals surface area contributed by atoms with Crippen LogP contribution in [-0.2, 0) is 0 Å². The molecule has 1 amide bonds. The van der Waals surface area contributed by atoms with Gasteiger partial charge < -0.3 is 10.3 Å². The number of nitrogens with one attached hydrogen (secondary N) is 2. The van der Waals surface area contributed by atoms with Gasteiger partial charge in [-0.1, -0.05) is 0 Å². The Morgan fingerprint density at radius 3 is 2.82 bits per heavy atom. The first-order valence-corrected chi connectivity index (χ1v) is 4.94. The quantitative estimate of drug-likeness (QED) is 0.795. The van der Waals surface area contributed by atoms with Crippen LogP contribution in [-0.4, -0.2) is 20.9 Å². The zero-order chi connectivity index (χ0) is 12.3. The maximum atomic E-state index is 11.7. The van der Waals surface area contributed by atoms with Crippen molar-refractivity contribution in [3.05, 3.63) is 52.5 Å². The van der Waals surface area contributed by atoms with Crippen molar-refractivity contribution in [1.82, 2.24) is 15.0 Å². The highest BCUT2D eigenvalue weighted by atomic mass is 16.2. The minimum Gasteiger partial charge on any atom is -0.366 e. The molecular formula is C11H10N4O2. The summed E-state index contributed by atoms with van der Waals surface area (Å²) < 4.78 is 0. The minimum atomic E-state index is -0.464. The summed E-state index contributed by atoms with van der Waals surface area (Å²) in [6, 6.07) is 1.33. The first kappa shape index (κ1) is 11.0. The van der Waals surface area contributed by atoms with E-state index in [2.05, 4.69) is 20.3 Å². The number of nitrogens with zero attached hydrogens (tertiary/aromatic N) is 2. The number of pyridine rings is 1. The van der Waals surface area contributed by atoms with E-state index < -0.39 is 5.91 Å². The predicted molar refractivity (Wildman–Crippen MR) is 61.8 cm³/mol. The molecule has 0 spiro atoms. The van der Waals surface area contributed by atoms with E-state index >= 15 is 0 Å². The molecule has 2 N–H and O–H groups in total. The Kier molecular flexibility index (Phi) is 2.95. The molecule has 0 aliphatic carbocycles. The van der Waals surface area contributed by atoms with Crippen molar-refractivity contribution in [3.8, 4) is 0 Å². The number of rotatable bonds is 2. The van der Waals surface area contributed by atoms with Crippen molar-refractivity contribution >= 4 is 11.6 Å². The Balaban J connectivity index is 2.20. The van der Waals surface area contributed by atoms with Gasteiger partial charge in [0.1, 0.15) is 11.4 Å². The monoisotopic (exact) mass is 230 g/mol. The van der Waals surface area contributed by atoms with Crippen LogP contribution in [0.25, 0.3) is 0 Å². The number of hydrogen-bond acceptors (Lipinski definition) is 4. The van der Waals surface area contributed by atoms with Gasteiger partial charge in [0.15, 0.2) is 0 Å². The van der Waals surface area contributed by atoms with Gasteiger partial charge in [-0.2, -0.15) is 0 Å². The van der Waals surface area contributed by atoms with Crippen LogP contribution in [0.4, 0.5) is 5.69 Å². The van der Waals surface area contributed by atoms with Crippen molar-refractivity contribution < 1.29 is 4.79 Å². The molecule has 0 bridgehead atoms. The van der Waals surface area contributed by atoms with E-state index in [1.165, 1.54) is 30.9 Å². The summed E-state index contributed by atoms with van der Waals surface area (Å²) in [4.78, 5) is 33.7. The molecule has 0 fully saturated rings. The molecule has 0 atom stereocenters. The molecular weight excluding hydrogens is 220 g/mol. The summed E-state index contributed by atoms with van der Waals surface area (Å²) in [5.41, 5.74) is 0.801. The van der Waals surface area contributed by atoms with E-state index in [0.29, 0.717) is 0 Å². The van der Waals surface area contributed by atoms with Gasteiger partial charge in [0.05, 0.1) is 11.9 Å². The third-order valence-electron chi connectivity index (χ3n) is 2.09. The second kappa shape index (κ2) is 4.56. The second-order valence-corrected chi connectivity index (χ2v) is 3.42. The number of hydrogen-bond donors (Lipinski definition) is 2. The molecule has 86 valence electrons. The molecule has 2 rings (SSSR count). The van der Waals surface area contributed by atoms with Gasteiger partial charge in [0.25, 0.3) is 5.91 Å². The normalized spacial score (nSPS) is 9.94. The molecule has 6 heteroatoms. The Labute approximate surface area is 96.8 Å². The molecule has 2 aromatic rings. The first-order chi connectivity index (χ1) is 8.16. The minimum absolute atomic E-state index is 0.166. The maximum Gasteiger partial charge on any atom is 0.276 e. The first-order valence-electron chi connectivity index (χ1n) is 4.94. The second-order valence-electron chi connectivity index (χ2n) is 3.42. The lowest BCUT2D eigenvalue weighted by molar-refractivity contribution is 0.102. The summed E-state index contributed by atoms with van der Waals surface area (Å²) >= 11 is 0. The zero-order valence-electron chi connectivity index (χ0n) is 9.10. The summed E-state index contributed by atoms with van der Waals surface area (Å²) in [7, 11) is 0. The van der Waals surface area contributed by atoms with Gasteiger partial charge in [0.2, 0.25) is 5.43 Å². The lowest BCUT2D eigenvalue weighted by Gasteiger charge is -2.02. The molecule has 0 aromatic carbocycles. The van der Waals surface area contributed by atoms with E-state index in [4.69, 9.17) is 0 Å². The third kappa shape index (κ3) is 2.54. The SMILES string of the molecule is Cc1cnc(C(=O)Nc2c[nH]ccc2=O)cn1. The van der Waals surface area contributed by atoms with Crippen molar-refractivity contribution in [1.29, 1.82) is 0 Å². The molecule has 0 unspecified atom stereocenters. The zero-order valence-corrected chi connectivity index (χ0v) is 9.10. The highest BCUT2D eigenvalue weighted by Gasteiger charge is 2.09. The van der Waals surface area contributed by atoms with Crippen LogP contribution in [0, 0.1) is 6.92 Å². The third-order valence-corrected chi connectivity index (χ3v) is 2.09. The Morgan fingerprint density at radius 1 is 1.35 bits per heavy atom. The Bertz CT molecular complexity index is 589. The number of H-pyrrole nitrogens is 1. The standard InChI is InChI=1S/C11H10N4O2/c1-7-4-14-9(6-13-7)11(17)15-8-5-12-3-2-10(8)16/h2-6H,1H3,(H,12,16)(H,15,17). The maximum absolute atomic E-state index is 11.7. The van der Waals surface area contributed by atoms with Gasteiger partial charge >= 0.3 is 0 Å². The van der Waals surface area contributed by atoms with Crippen LogP contribution in [0.15, 0.2) is 35.6 Å². The van der Waals surface area contributed by atoms with Gasteiger partial charge in [-0.15, -0.1) is 0 Å². The molecule has 2 heterocycles. The van der Waals surface area contributed by atoms with E-state index in [1.807, 2.05) is 0 Å². The Hall–Kier alpha value is -2.50.